The first-order chi connectivity index (χ1) is 6.24. The Morgan fingerprint density at radius 1 is 1.85 bits per heavy atom. The highest BCUT2D eigenvalue weighted by molar-refractivity contribution is 6.30. The van der Waals surface area contributed by atoms with Crippen LogP contribution in [0, 0.1) is 11.3 Å². The number of rotatable bonds is 2. The molecule has 0 atom stereocenters. The van der Waals surface area contributed by atoms with Gasteiger partial charge in [0, 0.05) is 6.20 Å². The molecule has 5 nitrogen and oxygen atoms in total. The fourth-order valence-corrected chi connectivity index (χ4v) is 0.843. The van der Waals surface area contributed by atoms with Gasteiger partial charge in [-0.15, -0.1) is 0 Å². The molecule has 0 aromatic carbocycles. The Morgan fingerprint density at radius 3 is 3.15 bits per heavy atom. The lowest BCUT2D eigenvalue weighted by molar-refractivity contribution is 0.0951. The van der Waals surface area contributed by atoms with Crippen LogP contribution in [0.3, 0.4) is 0 Å². The summed E-state index contributed by atoms with van der Waals surface area (Å²) in [7, 11) is 0. The number of aromatic nitrogens is 1. The minimum atomic E-state index is -0.446. The molecule has 0 radical (unpaired) electrons. The van der Waals surface area contributed by atoms with Crippen LogP contribution in [0.5, 0.6) is 0 Å². The molecule has 1 aromatic heterocycles. The number of hydrazone groups is 1. The number of nitrogens with zero attached hydrogens (tertiary/aromatic N) is 2. The Morgan fingerprint density at radius 2 is 2.62 bits per heavy atom. The van der Waals surface area contributed by atoms with Crippen molar-refractivity contribution < 1.29 is 4.79 Å². The quantitative estimate of drug-likeness (QED) is 0.545. The second-order valence-electron chi connectivity index (χ2n) is 2.06. The fraction of sp³-hybridized carbons (Fsp3) is 0. The highest BCUT2D eigenvalue weighted by atomic mass is 35.5. The minimum Gasteiger partial charge on any atom is -0.356 e. The maximum absolute atomic E-state index is 11.1. The molecule has 13 heavy (non-hydrogen) atoms. The van der Waals surface area contributed by atoms with Gasteiger partial charge in [0.15, 0.2) is 0 Å². The number of amides is 1. The zero-order valence-corrected chi connectivity index (χ0v) is 7.17. The van der Waals surface area contributed by atoms with Gasteiger partial charge in [-0.25, -0.2) is 5.43 Å². The van der Waals surface area contributed by atoms with Gasteiger partial charge in [0.05, 0.1) is 5.02 Å². The van der Waals surface area contributed by atoms with Gasteiger partial charge >= 0.3 is 0 Å². The summed E-state index contributed by atoms with van der Waals surface area (Å²) in [5.74, 6) is -0.446. The molecular weight excluding hydrogens is 192 g/mol. The summed E-state index contributed by atoms with van der Waals surface area (Å²) in [4.78, 5) is 13.7. The van der Waals surface area contributed by atoms with Gasteiger partial charge in [-0.05, 0) is 6.07 Å². The number of nitriles is 1. The number of aromatic amines is 1. The number of halogens is 1. The van der Waals surface area contributed by atoms with Crippen molar-refractivity contribution in [2.75, 3.05) is 0 Å². The number of hydrogen-bond acceptors (Lipinski definition) is 3. The zero-order valence-electron chi connectivity index (χ0n) is 6.41. The highest BCUT2D eigenvalue weighted by Gasteiger charge is 2.05. The zero-order chi connectivity index (χ0) is 9.68. The van der Waals surface area contributed by atoms with Gasteiger partial charge in [0.1, 0.15) is 18.0 Å². The average molecular weight is 197 g/mol. The Bertz CT molecular complexity index is 376. The molecule has 6 heteroatoms. The molecule has 1 rings (SSSR count). The van der Waals surface area contributed by atoms with E-state index in [9.17, 15) is 4.79 Å². The number of carbonyl (C=O) groups excluding carboxylic acids is 1. The van der Waals surface area contributed by atoms with Gasteiger partial charge in [0.2, 0.25) is 0 Å². The van der Waals surface area contributed by atoms with Crippen LogP contribution < -0.4 is 5.43 Å². The summed E-state index contributed by atoms with van der Waals surface area (Å²) >= 11 is 5.56. The van der Waals surface area contributed by atoms with Gasteiger partial charge < -0.3 is 4.98 Å². The molecule has 1 heterocycles. The predicted octanol–water partition coefficient (Wildman–Crippen LogP) is 0.907. The molecule has 0 spiro atoms. The van der Waals surface area contributed by atoms with Crippen LogP contribution >= 0.6 is 11.6 Å². The molecule has 0 bridgehead atoms. The van der Waals surface area contributed by atoms with E-state index in [0.29, 0.717) is 10.7 Å². The Labute approximate surface area is 79.0 Å². The van der Waals surface area contributed by atoms with E-state index in [0.717, 1.165) is 6.21 Å². The monoisotopic (exact) mass is 196 g/mol. The number of hydrogen-bond donors (Lipinski definition) is 2. The molecule has 0 fully saturated rings. The summed E-state index contributed by atoms with van der Waals surface area (Å²) < 4.78 is 0. The first-order valence-corrected chi connectivity index (χ1v) is 3.67. The molecule has 1 amide bonds. The van der Waals surface area contributed by atoms with E-state index in [-0.39, 0.29) is 0 Å². The molecule has 66 valence electrons. The maximum Gasteiger partial charge on any atom is 0.287 e. The average Bonchev–Trinajstić information content (AvgIpc) is 2.52. The number of carbonyl (C=O) groups is 1. The van der Waals surface area contributed by atoms with Crippen LogP contribution in [0.4, 0.5) is 0 Å². The minimum absolute atomic E-state index is 0.292. The third-order valence-electron chi connectivity index (χ3n) is 1.18. The third kappa shape index (κ3) is 2.61. The lowest BCUT2D eigenvalue weighted by atomic mass is 10.4. The van der Waals surface area contributed by atoms with Crippen molar-refractivity contribution in [3.8, 4) is 6.07 Å². The van der Waals surface area contributed by atoms with Crippen LogP contribution in [-0.2, 0) is 0 Å². The van der Waals surface area contributed by atoms with Crippen molar-refractivity contribution in [1.82, 2.24) is 10.4 Å². The number of H-pyrrole nitrogens is 1. The summed E-state index contributed by atoms with van der Waals surface area (Å²) in [5.41, 5.74) is 2.42. The van der Waals surface area contributed by atoms with Crippen molar-refractivity contribution >= 4 is 23.7 Å². The highest BCUT2D eigenvalue weighted by Crippen LogP contribution is 2.08. The van der Waals surface area contributed by atoms with Crippen molar-refractivity contribution in [3.05, 3.63) is 23.0 Å². The standard InChI is InChI=1S/C7H5ClN4O/c8-5-3-6(10-4-5)7(13)12-11-2-1-9/h2-4,10H,(H,12,13)/b11-2+. The summed E-state index contributed by atoms with van der Waals surface area (Å²) in [6, 6.07) is 3.09. The van der Waals surface area contributed by atoms with Crippen LogP contribution in [0.1, 0.15) is 10.5 Å². The van der Waals surface area contributed by atoms with Crippen molar-refractivity contribution in [2.45, 2.75) is 0 Å². The molecule has 0 saturated carbocycles. The molecule has 0 aliphatic rings. The van der Waals surface area contributed by atoms with E-state index in [2.05, 4.69) is 15.5 Å². The van der Waals surface area contributed by atoms with Gasteiger partial charge in [-0.1, -0.05) is 11.6 Å². The smallest absolute Gasteiger partial charge is 0.287 e. The van der Waals surface area contributed by atoms with Crippen LogP contribution in [-0.4, -0.2) is 17.1 Å². The van der Waals surface area contributed by atoms with Crippen LogP contribution in [0.25, 0.3) is 0 Å². The van der Waals surface area contributed by atoms with E-state index in [1.165, 1.54) is 12.3 Å². The molecule has 0 aliphatic heterocycles. The molecule has 0 aliphatic carbocycles. The van der Waals surface area contributed by atoms with Crippen LogP contribution in [0.2, 0.25) is 5.02 Å². The van der Waals surface area contributed by atoms with Crippen molar-refractivity contribution in [2.24, 2.45) is 5.10 Å². The molecule has 2 N–H and O–H groups in total. The molecule has 1 aromatic rings. The fourth-order valence-electron chi connectivity index (χ4n) is 0.679. The van der Waals surface area contributed by atoms with E-state index < -0.39 is 5.91 Å². The van der Waals surface area contributed by atoms with Crippen LogP contribution in [0.15, 0.2) is 17.4 Å². The molecule has 0 unspecified atom stereocenters. The van der Waals surface area contributed by atoms with Crippen molar-refractivity contribution in [1.29, 1.82) is 5.26 Å². The third-order valence-corrected chi connectivity index (χ3v) is 1.40. The lowest BCUT2D eigenvalue weighted by Crippen LogP contribution is -2.17. The van der Waals surface area contributed by atoms with E-state index in [1.54, 1.807) is 6.07 Å². The first-order valence-electron chi connectivity index (χ1n) is 3.29. The maximum atomic E-state index is 11.1. The topological polar surface area (TPSA) is 81.0 Å². The second-order valence-corrected chi connectivity index (χ2v) is 2.50. The summed E-state index contributed by atoms with van der Waals surface area (Å²) in [6.45, 7) is 0. The SMILES string of the molecule is N#C/C=N/NC(=O)c1cc(Cl)c[nH]1. The van der Waals surface area contributed by atoms with E-state index in [1.807, 2.05) is 0 Å². The predicted molar refractivity (Wildman–Crippen MR) is 47.4 cm³/mol. The Balaban J connectivity index is 2.60. The van der Waals surface area contributed by atoms with Gasteiger partial charge in [-0.2, -0.15) is 10.4 Å². The van der Waals surface area contributed by atoms with E-state index in [4.69, 9.17) is 16.9 Å². The number of nitrogens with one attached hydrogen (secondary N) is 2. The largest absolute Gasteiger partial charge is 0.356 e. The summed E-state index contributed by atoms with van der Waals surface area (Å²) in [5, 5.41) is 11.8. The first kappa shape index (κ1) is 9.29. The summed E-state index contributed by atoms with van der Waals surface area (Å²) in [6.07, 6.45) is 2.40. The Kier molecular flexibility index (Phi) is 3.06. The Hall–Kier alpha value is -1.80. The normalized spacial score (nSPS) is 9.85. The van der Waals surface area contributed by atoms with Crippen molar-refractivity contribution in [3.63, 3.8) is 0 Å². The lowest BCUT2D eigenvalue weighted by Gasteiger charge is -1.92. The van der Waals surface area contributed by atoms with Gasteiger partial charge in [0.25, 0.3) is 5.91 Å². The second kappa shape index (κ2) is 4.28. The molecule has 0 saturated heterocycles. The van der Waals surface area contributed by atoms with Gasteiger partial charge in [-0.3, -0.25) is 4.79 Å². The molecular formula is C7H5ClN4O. The van der Waals surface area contributed by atoms with E-state index >= 15 is 0 Å².